The topological polar surface area (TPSA) is 15.3 Å². The molecule has 0 bridgehead atoms. The van der Waals surface area contributed by atoms with Gasteiger partial charge < -0.3 is 10.2 Å². The van der Waals surface area contributed by atoms with Crippen molar-refractivity contribution in [2.45, 2.75) is 32.2 Å². The minimum atomic E-state index is -0.157. The van der Waals surface area contributed by atoms with Gasteiger partial charge in [-0.1, -0.05) is 12.1 Å². The van der Waals surface area contributed by atoms with E-state index in [1.54, 1.807) is 12.1 Å². The quantitative estimate of drug-likeness (QED) is 0.879. The number of piperidine rings is 1. The molecule has 1 aliphatic rings. The van der Waals surface area contributed by atoms with Crippen molar-refractivity contribution >= 4 is 0 Å². The second kappa shape index (κ2) is 7.01. The predicted octanol–water partition coefficient (Wildman–Crippen LogP) is 2.69. The van der Waals surface area contributed by atoms with Gasteiger partial charge in [0.25, 0.3) is 0 Å². The van der Waals surface area contributed by atoms with Gasteiger partial charge in [-0.2, -0.15) is 0 Å². The molecule has 1 aromatic rings. The molecular weight excluding hydrogens is 239 g/mol. The van der Waals surface area contributed by atoms with Gasteiger partial charge in [-0.05, 0) is 76.5 Å². The molecule has 0 aliphatic carbocycles. The summed E-state index contributed by atoms with van der Waals surface area (Å²) in [6, 6.07) is 7.29. The van der Waals surface area contributed by atoms with Crippen LogP contribution in [0, 0.1) is 11.7 Å². The highest BCUT2D eigenvalue weighted by Crippen LogP contribution is 2.15. The van der Waals surface area contributed by atoms with Crippen LogP contribution < -0.4 is 5.32 Å². The third-order valence-electron chi connectivity index (χ3n) is 4.05. The second-order valence-electron chi connectivity index (χ2n) is 5.89. The van der Waals surface area contributed by atoms with Crippen LogP contribution in [-0.4, -0.2) is 37.6 Å². The van der Waals surface area contributed by atoms with Crippen molar-refractivity contribution in [1.29, 1.82) is 0 Å². The molecule has 0 aromatic heterocycles. The first-order chi connectivity index (χ1) is 9.13. The standard InChI is InChI=1S/C16H25FN2/c1-13(11-14-3-5-16(17)6-4-14)18-12-15-7-9-19(2)10-8-15/h3-6,13,15,18H,7-12H2,1-2H3. The van der Waals surface area contributed by atoms with E-state index in [1.165, 1.54) is 31.5 Å². The lowest BCUT2D eigenvalue weighted by molar-refractivity contribution is 0.213. The van der Waals surface area contributed by atoms with Gasteiger partial charge >= 0.3 is 0 Å². The summed E-state index contributed by atoms with van der Waals surface area (Å²) in [6.45, 7) is 5.76. The Morgan fingerprint density at radius 1 is 1.26 bits per heavy atom. The van der Waals surface area contributed by atoms with Gasteiger partial charge in [-0.25, -0.2) is 4.39 Å². The molecule has 0 spiro atoms. The monoisotopic (exact) mass is 264 g/mol. The smallest absolute Gasteiger partial charge is 0.123 e. The van der Waals surface area contributed by atoms with Crippen LogP contribution in [0.15, 0.2) is 24.3 Å². The van der Waals surface area contributed by atoms with E-state index in [0.29, 0.717) is 6.04 Å². The van der Waals surface area contributed by atoms with E-state index >= 15 is 0 Å². The Morgan fingerprint density at radius 2 is 1.89 bits per heavy atom. The highest BCUT2D eigenvalue weighted by molar-refractivity contribution is 5.16. The molecule has 1 saturated heterocycles. The SMILES string of the molecule is CC(Cc1ccc(F)cc1)NCC1CCN(C)CC1. The van der Waals surface area contributed by atoms with E-state index in [-0.39, 0.29) is 5.82 Å². The summed E-state index contributed by atoms with van der Waals surface area (Å²) in [5.74, 6) is 0.655. The fourth-order valence-electron chi connectivity index (χ4n) is 2.68. The molecule has 1 unspecified atom stereocenters. The van der Waals surface area contributed by atoms with Crippen molar-refractivity contribution in [2.75, 3.05) is 26.7 Å². The fourth-order valence-corrected chi connectivity index (χ4v) is 2.68. The van der Waals surface area contributed by atoms with Gasteiger partial charge in [-0.3, -0.25) is 0 Å². The molecule has 19 heavy (non-hydrogen) atoms. The summed E-state index contributed by atoms with van der Waals surface area (Å²) in [5, 5.41) is 3.62. The lowest BCUT2D eigenvalue weighted by Gasteiger charge is -2.30. The third-order valence-corrected chi connectivity index (χ3v) is 4.05. The summed E-state index contributed by atoms with van der Waals surface area (Å²) in [7, 11) is 2.20. The van der Waals surface area contributed by atoms with Gasteiger partial charge in [0.05, 0.1) is 0 Å². The van der Waals surface area contributed by atoms with Crippen LogP contribution in [0.25, 0.3) is 0 Å². The largest absolute Gasteiger partial charge is 0.314 e. The summed E-state index contributed by atoms with van der Waals surface area (Å²) in [6.07, 6.45) is 3.56. The molecule has 0 radical (unpaired) electrons. The molecule has 1 atom stereocenters. The minimum Gasteiger partial charge on any atom is -0.314 e. The minimum absolute atomic E-state index is 0.157. The Bertz CT molecular complexity index is 369. The summed E-state index contributed by atoms with van der Waals surface area (Å²) in [5.41, 5.74) is 1.20. The normalized spacial score (nSPS) is 19.5. The number of nitrogens with one attached hydrogen (secondary N) is 1. The van der Waals surface area contributed by atoms with Crippen LogP contribution in [0.3, 0.4) is 0 Å². The molecule has 1 heterocycles. The zero-order valence-corrected chi connectivity index (χ0v) is 12.0. The highest BCUT2D eigenvalue weighted by Gasteiger charge is 2.16. The summed E-state index contributed by atoms with van der Waals surface area (Å²) >= 11 is 0. The van der Waals surface area contributed by atoms with Crippen molar-refractivity contribution in [3.05, 3.63) is 35.6 Å². The Hall–Kier alpha value is -0.930. The van der Waals surface area contributed by atoms with Crippen molar-refractivity contribution in [1.82, 2.24) is 10.2 Å². The van der Waals surface area contributed by atoms with Crippen LogP contribution in [0.2, 0.25) is 0 Å². The Morgan fingerprint density at radius 3 is 2.53 bits per heavy atom. The number of rotatable bonds is 5. The first-order valence-corrected chi connectivity index (χ1v) is 7.30. The van der Waals surface area contributed by atoms with E-state index in [0.717, 1.165) is 18.9 Å². The number of hydrogen-bond acceptors (Lipinski definition) is 2. The van der Waals surface area contributed by atoms with Gasteiger partial charge in [0, 0.05) is 6.04 Å². The molecule has 0 saturated carbocycles. The maximum absolute atomic E-state index is 12.8. The second-order valence-corrected chi connectivity index (χ2v) is 5.89. The molecule has 1 fully saturated rings. The van der Waals surface area contributed by atoms with Crippen molar-refractivity contribution < 1.29 is 4.39 Å². The summed E-state index contributed by atoms with van der Waals surface area (Å²) in [4.78, 5) is 2.40. The summed E-state index contributed by atoms with van der Waals surface area (Å²) < 4.78 is 12.8. The molecule has 3 heteroatoms. The number of benzene rings is 1. The zero-order valence-electron chi connectivity index (χ0n) is 12.0. The van der Waals surface area contributed by atoms with Crippen LogP contribution in [0.4, 0.5) is 4.39 Å². The van der Waals surface area contributed by atoms with E-state index in [2.05, 4.69) is 24.2 Å². The van der Waals surface area contributed by atoms with Crippen LogP contribution >= 0.6 is 0 Å². The van der Waals surface area contributed by atoms with Crippen molar-refractivity contribution in [2.24, 2.45) is 5.92 Å². The molecule has 1 aliphatic heterocycles. The van der Waals surface area contributed by atoms with Gasteiger partial charge in [0.2, 0.25) is 0 Å². The molecule has 1 aromatic carbocycles. The number of hydrogen-bond donors (Lipinski definition) is 1. The van der Waals surface area contributed by atoms with Crippen LogP contribution in [-0.2, 0) is 6.42 Å². The maximum Gasteiger partial charge on any atom is 0.123 e. The van der Waals surface area contributed by atoms with Gasteiger partial charge in [0.1, 0.15) is 5.82 Å². The average molecular weight is 264 g/mol. The molecule has 0 amide bonds. The van der Waals surface area contributed by atoms with Crippen LogP contribution in [0.5, 0.6) is 0 Å². The molecular formula is C16H25FN2. The van der Waals surface area contributed by atoms with Crippen LogP contribution in [0.1, 0.15) is 25.3 Å². The maximum atomic E-state index is 12.8. The first kappa shape index (κ1) is 14.5. The van der Waals surface area contributed by atoms with E-state index < -0.39 is 0 Å². The number of halogens is 1. The van der Waals surface area contributed by atoms with Crippen molar-refractivity contribution in [3.8, 4) is 0 Å². The predicted molar refractivity (Wildman–Crippen MR) is 77.8 cm³/mol. The van der Waals surface area contributed by atoms with E-state index in [1.807, 2.05) is 12.1 Å². The fraction of sp³-hybridized carbons (Fsp3) is 0.625. The average Bonchev–Trinajstić information content (AvgIpc) is 2.41. The first-order valence-electron chi connectivity index (χ1n) is 7.30. The van der Waals surface area contributed by atoms with Gasteiger partial charge in [0.15, 0.2) is 0 Å². The molecule has 1 N–H and O–H groups in total. The highest BCUT2D eigenvalue weighted by atomic mass is 19.1. The van der Waals surface area contributed by atoms with Crippen molar-refractivity contribution in [3.63, 3.8) is 0 Å². The molecule has 2 nitrogen and oxygen atoms in total. The Labute approximate surface area is 116 Å². The van der Waals surface area contributed by atoms with E-state index in [4.69, 9.17) is 0 Å². The zero-order chi connectivity index (χ0) is 13.7. The lowest BCUT2D eigenvalue weighted by Crippen LogP contribution is -2.38. The Kier molecular flexibility index (Phi) is 5.34. The third kappa shape index (κ3) is 4.92. The lowest BCUT2D eigenvalue weighted by atomic mass is 9.96. The molecule has 106 valence electrons. The van der Waals surface area contributed by atoms with Gasteiger partial charge in [-0.15, -0.1) is 0 Å². The van der Waals surface area contributed by atoms with E-state index in [9.17, 15) is 4.39 Å². The molecule has 2 rings (SSSR count). The number of likely N-dealkylation sites (tertiary alicyclic amines) is 1. The Balaban J connectivity index is 1.69. The number of nitrogens with zero attached hydrogens (tertiary/aromatic N) is 1.